The van der Waals surface area contributed by atoms with Crippen LogP contribution in [0.5, 0.6) is 0 Å². The monoisotopic (exact) mass is 416 g/mol. The molecule has 0 spiro atoms. The molecule has 6 heteroatoms. The molecule has 2 heterocycles. The van der Waals surface area contributed by atoms with Crippen molar-refractivity contribution in [1.29, 1.82) is 0 Å². The Kier molecular flexibility index (Phi) is 6.35. The van der Waals surface area contributed by atoms with Gasteiger partial charge in [0.2, 0.25) is 5.91 Å². The predicted molar refractivity (Wildman–Crippen MR) is 120 cm³/mol. The Morgan fingerprint density at radius 3 is 2.47 bits per heavy atom. The maximum atomic E-state index is 12.3. The van der Waals surface area contributed by atoms with Gasteiger partial charge in [0.25, 0.3) is 0 Å². The number of nitrogens with one attached hydrogen (secondary N) is 1. The molecule has 1 amide bonds. The molecule has 152 valence electrons. The number of aromatic nitrogens is 3. The summed E-state index contributed by atoms with van der Waals surface area (Å²) >= 11 is 1.58. The van der Waals surface area contributed by atoms with E-state index in [9.17, 15) is 4.79 Å². The van der Waals surface area contributed by atoms with Crippen LogP contribution in [0.4, 0.5) is 0 Å². The summed E-state index contributed by atoms with van der Waals surface area (Å²) in [7, 11) is 0. The van der Waals surface area contributed by atoms with Gasteiger partial charge in [-0.2, -0.15) is 0 Å². The van der Waals surface area contributed by atoms with Gasteiger partial charge < -0.3 is 9.88 Å². The minimum atomic E-state index is -0.0179. The Balaban J connectivity index is 1.28. The summed E-state index contributed by atoms with van der Waals surface area (Å²) in [5, 5.41) is 5.91. The van der Waals surface area contributed by atoms with E-state index in [1.807, 2.05) is 28.3 Å². The largest absolute Gasteiger partial charge is 0.352 e. The van der Waals surface area contributed by atoms with Crippen LogP contribution in [0.3, 0.4) is 0 Å². The van der Waals surface area contributed by atoms with Gasteiger partial charge in [-0.15, -0.1) is 11.3 Å². The summed E-state index contributed by atoms with van der Waals surface area (Å²) in [6.07, 6.45) is 6.84. The van der Waals surface area contributed by atoms with E-state index in [2.05, 4.69) is 58.6 Å². The van der Waals surface area contributed by atoms with Crippen LogP contribution >= 0.6 is 11.3 Å². The number of carbonyl (C=O) groups excluding carboxylic acids is 1. The van der Waals surface area contributed by atoms with Crippen LogP contribution in [0.25, 0.3) is 10.6 Å². The van der Waals surface area contributed by atoms with Crippen LogP contribution in [0.2, 0.25) is 0 Å². The highest BCUT2D eigenvalue weighted by atomic mass is 32.1. The zero-order chi connectivity index (χ0) is 20.8. The Labute approximate surface area is 180 Å². The van der Waals surface area contributed by atoms with Crippen LogP contribution in [-0.4, -0.2) is 20.4 Å². The van der Waals surface area contributed by atoms with Crippen LogP contribution < -0.4 is 5.32 Å². The highest BCUT2D eigenvalue weighted by molar-refractivity contribution is 7.13. The molecule has 0 bridgehead atoms. The van der Waals surface area contributed by atoms with E-state index < -0.39 is 0 Å². The molecule has 0 saturated carbocycles. The third-order valence-electron chi connectivity index (χ3n) is 4.94. The molecule has 30 heavy (non-hydrogen) atoms. The molecule has 5 nitrogen and oxygen atoms in total. The van der Waals surface area contributed by atoms with E-state index in [0.29, 0.717) is 13.0 Å². The highest BCUT2D eigenvalue weighted by Gasteiger charge is 2.09. The van der Waals surface area contributed by atoms with E-state index >= 15 is 0 Å². The molecule has 0 radical (unpaired) electrons. The van der Waals surface area contributed by atoms with Gasteiger partial charge in [-0.05, 0) is 23.1 Å². The molecule has 2 aromatic heterocycles. The van der Waals surface area contributed by atoms with Crippen LogP contribution in [-0.2, 0) is 30.7 Å². The number of thiazole rings is 1. The second kappa shape index (κ2) is 9.50. The normalized spacial score (nSPS) is 10.8. The van der Waals surface area contributed by atoms with E-state index in [1.54, 1.807) is 23.9 Å². The third kappa shape index (κ3) is 5.21. The first-order valence-corrected chi connectivity index (χ1v) is 10.9. The molecule has 0 atom stereocenters. The van der Waals surface area contributed by atoms with E-state index in [1.165, 1.54) is 11.1 Å². The lowest BCUT2D eigenvalue weighted by molar-refractivity contribution is -0.120. The summed E-state index contributed by atoms with van der Waals surface area (Å²) in [5.74, 6) is -0.0179. The molecule has 2 aromatic carbocycles. The van der Waals surface area contributed by atoms with Crippen molar-refractivity contribution in [2.24, 2.45) is 0 Å². The summed E-state index contributed by atoms with van der Waals surface area (Å²) in [6.45, 7) is 3.45. The molecule has 0 fully saturated rings. The SMILES string of the molecule is CCc1ccc(-c2nc(CC(=O)NCc3ccc(Cn4ccnc4)cc3)cs2)cc1. The van der Waals surface area contributed by atoms with Gasteiger partial charge in [0, 0.05) is 36.4 Å². The molecule has 4 rings (SSSR count). The average molecular weight is 417 g/mol. The summed E-state index contributed by atoms with van der Waals surface area (Å²) in [6, 6.07) is 16.7. The number of amides is 1. The number of nitrogens with zero attached hydrogens (tertiary/aromatic N) is 3. The standard InChI is InChI=1S/C24H24N4OS/c1-2-18-7-9-21(10-8-18)24-27-22(16-30-24)13-23(29)26-14-19-3-5-20(6-4-19)15-28-12-11-25-17-28/h3-12,16-17H,2,13-15H2,1H3,(H,26,29). The van der Waals surface area contributed by atoms with E-state index in [-0.39, 0.29) is 5.91 Å². The lowest BCUT2D eigenvalue weighted by Gasteiger charge is -2.07. The summed E-state index contributed by atoms with van der Waals surface area (Å²) < 4.78 is 2.02. The first kappa shape index (κ1) is 20.0. The van der Waals surface area contributed by atoms with Gasteiger partial charge in [0.15, 0.2) is 0 Å². The number of benzene rings is 2. The average Bonchev–Trinajstić information content (AvgIpc) is 3.46. The number of carbonyl (C=O) groups is 1. The van der Waals surface area contributed by atoms with Crippen molar-refractivity contribution in [1.82, 2.24) is 19.9 Å². The number of imidazole rings is 1. The highest BCUT2D eigenvalue weighted by Crippen LogP contribution is 2.24. The van der Waals surface area contributed by atoms with Crippen molar-refractivity contribution >= 4 is 17.2 Å². The number of aryl methyl sites for hydroxylation is 1. The number of hydrogen-bond acceptors (Lipinski definition) is 4. The zero-order valence-corrected chi connectivity index (χ0v) is 17.7. The summed E-state index contributed by atoms with van der Waals surface area (Å²) in [4.78, 5) is 21.0. The maximum Gasteiger partial charge on any atom is 0.226 e. The fraction of sp³-hybridized carbons (Fsp3) is 0.208. The number of rotatable bonds is 8. The molecule has 0 aliphatic heterocycles. The second-order valence-electron chi connectivity index (χ2n) is 7.20. The van der Waals surface area contributed by atoms with Gasteiger partial charge in [-0.1, -0.05) is 55.5 Å². The molecule has 4 aromatic rings. The van der Waals surface area contributed by atoms with Crippen molar-refractivity contribution in [3.63, 3.8) is 0 Å². The quantitative estimate of drug-likeness (QED) is 0.461. The third-order valence-corrected chi connectivity index (χ3v) is 5.88. The lowest BCUT2D eigenvalue weighted by Crippen LogP contribution is -2.24. The fourth-order valence-electron chi connectivity index (χ4n) is 3.19. The maximum absolute atomic E-state index is 12.3. The Bertz CT molecular complexity index is 1080. The first-order valence-electron chi connectivity index (χ1n) is 10.0. The molecule has 0 unspecified atom stereocenters. The van der Waals surface area contributed by atoms with Gasteiger partial charge in [-0.25, -0.2) is 9.97 Å². The molecule has 1 N–H and O–H groups in total. The van der Waals surface area contributed by atoms with E-state index in [4.69, 9.17) is 0 Å². The minimum Gasteiger partial charge on any atom is -0.352 e. The van der Waals surface area contributed by atoms with Crippen molar-refractivity contribution in [3.8, 4) is 10.6 Å². The number of hydrogen-bond donors (Lipinski definition) is 1. The lowest BCUT2D eigenvalue weighted by atomic mass is 10.1. The van der Waals surface area contributed by atoms with Crippen molar-refractivity contribution in [3.05, 3.63) is 95.0 Å². The van der Waals surface area contributed by atoms with Crippen molar-refractivity contribution in [2.45, 2.75) is 32.9 Å². The smallest absolute Gasteiger partial charge is 0.226 e. The van der Waals surface area contributed by atoms with Crippen LogP contribution in [0.1, 0.15) is 29.3 Å². The Morgan fingerprint density at radius 1 is 1.03 bits per heavy atom. The van der Waals surface area contributed by atoms with Crippen molar-refractivity contribution < 1.29 is 4.79 Å². The van der Waals surface area contributed by atoms with Crippen molar-refractivity contribution in [2.75, 3.05) is 0 Å². The van der Waals surface area contributed by atoms with Gasteiger partial charge in [-0.3, -0.25) is 4.79 Å². The molecule has 0 saturated heterocycles. The molecular formula is C24H24N4OS. The molecule has 0 aliphatic carbocycles. The van der Waals surface area contributed by atoms with Gasteiger partial charge in [0.05, 0.1) is 18.4 Å². The van der Waals surface area contributed by atoms with Gasteiger partial charge >= 0.3 is 0 Å². The predicted octanol–water partition coefficient (Wildman–Crippen LogP) is 4.48. The van der Waals surface area contributed by atoms with Crippen LogP contribution in [0, 0.1) is 0 Å². The van der Waals surface area contributed by atoms with Gasteiger partial charge in [0.1, 0.15) is 5.01 Å². The molecule has 0 aliphatic rings. The topological polar surface area (TPSA) is 59.8 Å². The first-order chi connectivity index (χ1) is 14.7. The second-order valence-corrected chi connectivity index (χ2v) is 8.06. The summed E-state index contributed by atoms with van der Waals surface area (Å²) in [5.41, 5.74) is 5.49. The Morgan fingerprint density at radius 2 is 1.77 bits per heavy atom. The van der Waals surface area contributed by atoms with Crippen LogP contribution in [0.15, 0.2) is 72.6 Å². The minimum absolute atomic E-state index is 0.0179. The Hall–Kier alpha value is -3.25. The fourth-order valence-corrected chi connectivity index (χ4v) is 4.01. The molecular weight excluding hydrogens is 392 g/mol. The zero-order valence-electron chi connectivity index (χ0n) is 16.9. The van der Waals surface area contributed by atoms with E-state index in [0.717, 1.165) is 34.8 Å².